The highest BCUT2D eigenvalue weighted by molar-refractivity contribution is 6.42. The molecule has 2 unspecified atom stereocenters. The third-order valence-electron chi connectivity index (χ3n) is 3.86. The smallest absolute Gasteiger partial charge is 0.0779 e. The van der Waals surface area contributed by atoms with Crippen LogP contribution in [0, 0.1) is 0 Å². The van der Waals surface area contributed by atoms with Gasteiger partial charge in [-0.1, -0.05) is 23.2 Å². The number of rotatable bonds is 1. The fourth-order valence-corrected chi connectivity index (χ4v) is 3.36. The van der Waals surface area contributed by atoms with Crippen LogP contribution in [0.5, 0.6) is 0 Å². The van der Waals surface area contributed by atoms with Crippen molar-refractivity contribution in [2.75, 3.05) is 23.8 Å². The van der Waals surface area contributed by atoms with Crippen LogP contribution < -0.4 is 10.6 Å². The topological polar surface area (TPSA) is 38.5 Å². The van der Waals surface area contributed by atoms with E-state index in [0.717, 1.165) is 31.7 Å². The second-order valence-corrected chi connectivity index (χ2v) is 5.74. The van der Waals surface area contributed by atoms with Crippen LogP contribution in [-0.4, -0.2) is 25.3 Å². The summed E-state index contributed by atoms with van der Waals surface area (Å²) in [4.78, 5) is 2.33. The molecule has 1 aliphatic carbocycles. The number of anilines is 2. The van der Waals surface area contributed by atoms with Gasteiger partial charge in [0.15, 0.2) is 0 Å². The summed E-state index contributed by atoms with van der Waals surface area (Å²) < 4.78 is 5.81. The number of nitrogens with two attached hydrogens (primary N) is 1. The van der Waals surface area contributed by atoms with Crippen molar-refractivity contribution in [2.45, 2.75) is 31.4 Å². The van der Waals surface area contributed by atoms with Crippen molar-refractivity contribution in [1.82, 2.24) is 0 Å². The molecule has 0 aromatic heterocycles. The zero-order valence-electron chi connectivity index (χ0n) is 10.0. The van der Waals surface area contributed by atoms with E-state index in [-0.39, 0.29) is 0 Å². The summed E-state index contributed by atoms with van der Waals surface area (Å²) in [5, 5.41) is 1.07. The second-order valence-electron chi connectivity index (χ2n) is 4.93. The summed E-state index contributed by atoms with van der Waals surface area (Å²) >= 11 is 12.1. The number of hydrogen-bond acceptors (Lipinski definition) is 3. The van der Waals surface area contributed by atoms with Crippen molar-refractivity contribution >= 4 is 34.6 Å². The molecule has 18 heavy (non-hydrogen) atoms. The molecule has 1 aliphatic heterocycles. The number of fused-ring (bicyclic) bond motifs is 1. The molecule has 1 saturated carbocycles. The summed E-state index contributed by atoms with van der Waals surface area (Å²) in [6, 6.07) is 4.04. The summed E-state index contributed by atoms with van der Waals surface area (Å²) in [7, 11) is 0. The molecule has 3 rings (SSSR count). The van der Waals surface area contributed by atoms with Crippen molar-refractivity contribution in [2.24, 2.45) is 0 Å². The molecule has 1 aromatic carbocycles. The van der Waals surface area contributed by atoms with E-state index in [2.05, 4.69) is 4.90 Å². The second kappa shape index (κ2) is 4.80. The fraction of sp³-hybridized carbons (Fsp3) is 0.538. The van der Waals surface area contributed by atoms with Crippen LogP contribution in [0.2, 0.25) is 10.0 Å². The highest BCUT2D eigenvalue weighted by Crippen LogP contribution is 2.38. The summed E-state index contributed by atoms with van der Waals surface area (Å²) in [6.45, 7) is 1.62. The van der Waals surface area contributed by atoms with E-state index in [9.17, 15) is 0 Å². The first-order chi connectivity index (χ1) is 8.66. The molecule has 3 nitrogen and oxygen atoms in total. The summed E-state index contributed by atoms with van der Waals surface area (Å²) in [6.07, 6.45) is 3.85. The van der Waals surface area contributed by atoms with Crippen LogP contribution in [-0.2, 0) is 4.74 Å². The lowest BCUT2D eigenvalue weighted by Gasteiger charge is -2.40. The predicted octanol–water partition coefficient (Wildman–Crippen LogP) is 3.33. The van der Waals surface area contributed by atoms with Gasteiger partial charge in [0.25, 0.3) is 0 Å². The molecule has 0 spiro atoms. The first-order valence-corrected chi connectivity index (χ1v) is 7.05. The van der Waals surface area contributed by atoms with Gasteiger partial charge < -0.3 is 15.4 Å². The molecule has 2 N–H and O–H groups in total. The molecule has 0 radical (unpaired) electrons. The SMILES string of the molecule is Nc1cc(Cl)c(Cl)cc1N1CCOC2CCCC21. The van der Waals surface area contributed by atoms with Crippen LogP contribution in [0.15, 0.2) is 12.1 Å². The zero-order valence-corrected chi connectivity index (χ0v) is 11.5. The van der Waals surface area contributed by atoms with Crippen LogP contribution in [0.3, 0.4) is 0 Å². The van der Waals surface area contributed by atoms with Gasteiger partial charge in [-0.25, -0.2) is 0 Å². The lowest BCUT2D eigenvalue weighted by molar-refractivity contribution is 0.0257. The average molecular weight is 287 g/mol. The monoisotopic (exact) mass is 286 g/mol. The number of morpholine rings is 1. The van der Waals surface area contributed by atoms with Gasteiger partial charge in [0.05, 0.1) is 40.2 Å². The summed E-state index contributed by atoms with van der Waals surface area (Å²) in [5.74, 6) is 0. The van der Waals surface area contributed by atoms with Crippen molar-refractivity contribution in [3.8, 4) is 0 Å². The molecule has 0 amide bonds. The molecule has 2 aliphatic rings. The molecule has 1 heterocycles. The predicted molar refractivity (Wildman–Crippen MR) is 75.6 cm³/mol. The molecule has 1 aromatic rings. The Labute approximate surface area is 117 Å². The van der Waals surface area contributed by atoms with Gasteiger partial charge in [-0.15, -0.1) is 0 Å². The Kier molecular flexibility index (Phi) is 3.31. The Balaban J connectivity index is 1.96. The third-order valence-corrected chi connectivity index (χ3v) is 4.58. The molecule has 5 heteroatoms. The van der Waals surface area contributed by atoms with Gasteiger partial charge in [-0.2, -0.15) is 0 Å². The Bertz CT molecular complexity index is 467. The van der Waals surface area contributed by atoms with Crippen LogP contribution in [0.1, 0.15) is 19.3 Å². The Morgan fingerprint density at radius 1 is 1.22 bits per heavy atom. The quantitative estimate of drug-likeness (QED) is 0.805. The van der Waals surface area contributed by atoms with Crippen LogP contribution >= 0.6 is 23.2 Å². The third kappa shape index (κ3) is 2.04. The van der Waals surface area contributed by atoms with Gasteiger partial charge in [-0.05, 0) is 31.4 Å². The minimum Gasteiger partial charge on any atom is -0.397 e. The molecule has 0 bridgehead atoms. The van der Waals surface area contributed by atoms with Gasteiger partial charge >= 0.3 is 0 Å². The number of hydrogen-bond donors (Lipinski definition) is 1. The van der Waals surface area contributed by atoms with Gasteiger partial charge in [0.1, 0.15) is 0 Å². The number of benzene rings is 1. The van der Waals surface area contributed by atoms with E-state index in [1.807, 2.05) is 6.07 Å². The normalized spacial score (nSPS) is 27.3. The van der Waals surface area contributed by atoms with Crippen molar-refractivity contribution in [3.63, 3.8) is 0 Å². The lowest BCUT2D eigenvalue weighted by Crippen LogP contribution is -2.48. The van der Waals surface area contributed by atoms with E-state index >= 15 is 0 Å². The highest BCUT2D eigenvalue weighted by Gasteiger charge is 2.36. The number of nitrogens with zero attached hydrogens (tertiary/aromatic N) is 1. The molecule has 98 valence electrons. The largest absolute Gasteiger partial charge is 0.397 e. The molecule has 2 fully saturated rings. The zero-order chi connectivity index (χ0) is 12.7. The molecular formula is C13H16Cl2N2O. The number of halogens is 2. The Hall–Kier alpha value is -0.640. The minimum absolute atomic E-state index is 0.340. The van der Waals surface area contributed by atoms with Crippen molar-refractivity contribution in [1.29, 1.82) is 0 Å². The maximum atomic E-state index is 6.10. The van der Waals surface area contributed by atoms with Gasteiger partial charge in [0, 0.05) is 6.54 Å². The van der Waals surface area contributed by atoms with Gasteiger partial charge in [0.2, 0.25) is 0 Å². The van der Waals surface area contributed by atoms with E-state index in [1.165, 1.54) is 6.42 Å². The fourth-order valence-electron chi connectivity index (χ4n) is 3.03. The number of nitrogen functional groups attached to an aromatic ring is 1. The van der Waals surface area contributed by atoms with Gasteiger partial charge in [-0.3, -0.25) is 0 Å². The van der Waals surface area contributed by atoms with Crippen molar-refractivity contribution in [3.05, 3.63) is 22.2 Å². The van der Waals surface area contributed by atoms with Crippen LogP contribution in [0.4, 0.5) is 11.4 Å². The Morgan fingerprint density at radius 2 is 2.00 bits per heavy atom. The van der Waals surface area contributed by atoms with Crippen LogP contribution in [0.25, 0.3) is 0 Å². The minimum atomic E-state index is 0.340. The first-order valence-electron chi connectivity index (χ1n) is 6.29. The maximum absolute atomic E-state index is 6.10. The molecule has 2 atom stereocenters. The van der Waals surface area contributed by atoms with E-state index in [4.69, 9.17) is 33.7 Å². The van der Waals surface area contributed by atoms with Crippen molar-refractivity contribution < 1.29 is 4.74 Å². The lowest BCUT2D eigenvalue weighted by atomic mass is 10.1. The molecular weight excluding hydrogens is 271 g/mol. The number of ether oxygens (including phenoxy) is 1. The average Bonchev–Trinajstić information content (AvgIpc) is 2.82. The van der Waals surface area contributed by atoms with E-state index in [0.29, 0.717) is 27.9 Å². The van der Waals surface area contributed by atoms with E-state index < -0.39 is 0 Å². The first kappa shape index (κ1) is 12.4. The summed E-state index contributed by atoms with van der Waals surface area (Å²) in [5.41, 5.74) is 7.76. The van der Waals surface area contributed by atoms with E-state index in [1.54, 1.807) is 6.07 Å². The maximum Gasteiger partial charge on any atom is 0.0779 e. The molecule has 1 saturated heterocycles. The highest BCUT2D eigenvalue weighted by atomic mass is 35.5. The Morgan fingerprint density at radius 3 is 2.83 bits per heavy atom. The standard InChI is InChI=1S/C13H16Cl2N2O/c14-8-6-10(16)12(7-9(8)15)17-4-5-18-13-3-1-2-11(13)17/h6-7,11,13H,1-5,16H2.